The van der Waals surface area contributed by atoms with Crippen LogP contribution in [-0.2, 0) is 9.59 Å². The maximum absolute atomic E-state index is 15.1. The van der Waals surface area contributed by atoms with Crippen LogP contribution in [0.5, 0.6) is 5.75 Å². The zero-order chi connectivity index (χ0) is 27.1. The number of benzene rings is 2. The van der Waals surface area contributed by atoms with E-state index in [2.05, 4.69) is 22.0 Å². The van der Waals surface area contributed by atoms with Gasteiger partial charge in [0.15, 0.2) is 0 Å². The predicted molar refractivity (Wildman–Crippen MR) is 147 cm³/mol. The van der Waals surface area contributed by atoms with Gasteiger partial charge in [0.2, 0.25) is 5.91 Å². The van der Waals surface area contributed by atoms with E-state index in [1.54, 1.807) is 49.4 Å². The van der Waals surface area contributed by atoms with Gasteiger partial charge >= 0.3 is 0 Å². The number of ether oxygens (including phenoxy) is 1. The Labute approximate surface area is 226 Å². The van der Waals surface area contributed by atoms with Crippen molar-refractivity contribution in [1.82, 2.24) is 10.6 Å². The lowest BCUT2D eigenvalue weighted by molar-refractivity contribution is -0.119. The van der Waals surface area contributed by atoms with Gasteiger partial charge in [-0.3, -0.25) is 9.59 Å². The number of allylic oxidation sites excluding steroid dienone is 2. The quantitative estimate of drug-likeness (QED) is 0.422. The first kappa shape index (κ1) is 27.3. The summed E-state index contributed by atoms with van der Waals surface area (Å²) in [7, 11) is 1.50. The molecule has 1 atom stereocenters. The topological polar surface area (TPSA) is 103 Å². The number of anilines is 1. The van der Waals surface area contributed by atoms with Crippen LogP contribution < -0.4 is 20.7 Å². The Bertz CT molecular complexity index is 1310. The van der Waals surface area contributed by atoms with Crippen molar-refractivity contribution in [3.8, 4) is 11.8 Å². The molecule has 4 rings (SSSR count). The lowest BCUT2D eigenvalue weighted by atomic mass is 9.82. The van der Waals surface area contributed by atoms with Crippen LogP contribution in [-0.4, -0.2) is 30.7 Å². The molecule has 1 heterocycles. The second-order valence-corrected chi connectivity index (χ2v) is 10.3. The molecule has 2 aromatic carbocycles. The molecule has 2 aliphatic rings. The van der Waals surface area contributed by atoms with Gasteiger partial charge in [0, 0.05) is 22.9 Å². The van der Waals surface area contributed by atoms with Gasteiger partial charge in [-0.1, -0.05) is 61.4 Å². The summed E-state index contributed by atoms with van der Waals surface area (Å²) in [6, 6.07) is 15.5. The molecule has 2 aromatic rings. The van der Waals surface area contributed by atoms with Crippen LogP contribution in [0.15, 0.2) is 70.4 Å². The molecule has 1 fully saturated rings. The molecule has 0 bridgehead atoms. The zero-order valence-corrected chi connectivity index (χ0v) is 22.3. The van der Waals surface area contributed by atoms with Gasteiger partial charge in [-0.05, 0) is 38.0 Å². The smallest absolute Gasteiger partial charge is 0.254 e. The summed E-state index contributed by atoms with van der Waals surface area (Å²) in [5.41, 5.74) is 1.53. The molecule has 1 unspecified atom stereocenters. The number of amides is 2. The summed E-state index contributed by atoms with van der Waals surface area (Å²) in [4.78, 5) is 26.3. The number of hydrogen-bond donors (Lipinski definition) is 3. The van der Waals surface area contributed by atoms with Crippen LogP contribution in [0.3, 0.4) is 0 Å². The number of nitriles is 1. The second-order valence-electron chi connectivity index (χ2n) is 9.32. The minimum absolute atomic E-state index is 0.101. The number of rotatable bonds is 8. The van der Waals surface area contributed by atoms with E-state index in [4.69, 9.17) is 4.74 Å². The molecule has 38 heavy (non-hydrogen) atoms. The summed E-state index contributed by atoms with van der Waals surface area (Å²) >= 11 is 1.18. The third-order valence-electron chi connectivity index (χ3n) is 6.78. The fourth-order valence-corrected chi connectivity index (χ4v) is 5.84. The summed E-state index contributed by atoms with van der Waals surface area (Å²) in [5.74, 6) is -1.51. The number of methoxy groups -OCH3 is 1. The van der Waals surface area contributed by atoms with Gasteiger partial charge in [-0.15, -0.1) is 0 Å². The summed E-state index contributed by atoms with van der Waals surface area (Å²) in [5, 5.41) is 19.7. The zero-order valence-electron chi connectivity index (χ0n) is 21.5. The van der Waals surface area contributed by atoms with Gasteiger partial charge in [0.1, 0.15) is 11.6 Å². The van der Waals surface area contributed by atoms with E-state index >= 15 is 4.39 Å². The molecule has 198 valence electrons. The number of nitrogens with one attached hydrogen (secondary N) is 3. The molecule has 1 aliphatic carbocycles. The third-order valence-corrected chi connectivity index (χ3v) is 7.80. The normalized spacial score (nSPS) is 17.9. The SMILES string of the molecule is COc1ccccc1NC(=O)C1=C(C)NC(SCC(=O)NC2CCCCC2)=C(C#N)C1c1ccccc1F. The first-order valence-electron chi connectivity index (χ1n) is 12.7. The molecule has 0 aromatic heterocycles. The molecular formula is C29H31FN4O3S. The predicted octanol–water partition coefficient (Wildman–Crippen LogP) is 5.35. The first-order chi connectivity index (χ1) is 18.4. The number of halogens is 1. The molecule has 9 heteroatoms. The second kappa shape index (κ2) is 12.7. The van der Waals surface area contributed by atoms with Crippen LogP contribution >= 0.6 is 11.8 Å². The highest BCUT2D eigenvalue weighted by atomic mass is 32.2. The molecule has 7 nitrogen and oxygen atoms in total. The number of carbonyl (C=O) groups excluding carboxylic acids is 2. The number of nitrogens with zero attached hydrogens (tertiary/aromatic N) is 1. The van der Waals surface area contributed by atoms with E-state index in [1.807, 2.05) is 0 Å². The van der Waals surface area contributed by atoms with Crippen LogP contribution in [0.25, 0.3) is 0 Å². The van der Waals surface area contributed by atoms with Crippen molar-refractivity contribution in [2.24, 2.45) is 0 Å². The Balaban J connectivity index is 1.63. The van der Waals surface area contributed by atoms with Crippen LogP contribution in [0, 0.1) is 17.1 Å². The lowest BCUT2D eigenvalue weighted by Gasteiger charge is -2.30. The third kappa shape index (κ3) is 6.20. The highest BCUT2D eigenvalue weighted by Gasteiger charge is 2.36. The van der Waals surface area contributed by atoms with Crippen molar-refractivity contribution < 1.29 is 18.7 Å². The van der Waals surface area contributed by atoms with Gasteiger partial charge in [-0.25, -0.2) is 4.39 Å². The van der Waals surface area contributed by atoms with E-state index in [1.165, 1.54) is 31.4 Å². The van der Waals surface area contributed by atoms with Crippen molar-refractivity contribution in [3.05, 3.63) is 81.8 Å². The molecule has 0 saturated heterocycles. The highest BCUT2D eigenvalue weighted by molar-refractivity contribution is 8.03. The van der Waals surface area contributed by atoms with Crippen molar-refractivity contribution in [1.29, 1.82) is 5.26 Å². The Morgan fingerprint density at radius 2 is 1.84 bits per heavy atom. The van der Waals surface area contributed by atoms with E-state index in [9.17, 15) is 14.9 Å². The molecule has 2 amide bonds. The van der Waals surface area contributed by atoms with Crippen LogP contribution in [0.4, 0.5) is 10.1 Å². The standard InChI is InChI=1S/C29H31FN4O3S/c1-18-26(28(36)34-23-14-8-9-15-24(23)37-2)27(20-12-6-7-13-22(20)30)21(16-31)29(32-18)38-17-25(35)33-19-10-4-3-5-11-19/h6-9,12-15,19,27,32H,3-5,10-11,17H2,1-2H3,(H,33,35)(H,34,36). The molecule has 1 saturated carbocycles. The fraction of sp³-hybridized carbons (Fsp3) is 0.345. The highest BCUT2D eigenvalue weighted by Crippen LogP contribution is 2.42. The molecule has 1 aliphatic heterocycles. The Hall–Kier alpha value is -3.77. The monoisotopic (exact) mass is 534 g/mol. The number of thioether (sulfide) groups is 1. The van der Waals surface area contributed by atoms with Crippen molar-refractivity contribution >= 4 is 29.3 Å². The van der Waals surface area contributed by atoms with Gasteiger partial charge in [-0.2, -0.15) is 5.26 Å². The van der Waals surface area contributed by atoms with E-state index in [0.29, 0.717) is 22.2 Å². The van der Waals surface area contributed by atoms with Crippen molar-refractivity contribution in [2.45, 2.75) is 51.0 Å². The summed E-state index contributed by atoms with van der Waals surface area (Å²) in [6.07, 6.45) is 5.36. The Morgan fingerprint density at radius 1 is 1.13 bits per heavy atom. The first-order valence-corrected chi connectivity index (χ1v) is 13.6. The Morgan fingerprint density at radius 3 is 2.55 bits per heavy atom. The molecular weight excluding hydrogens is 503 g/mol. The number of carbonyl (C=O) groups is 2. The van der Waals surface area contributed by atoms with Gasteiger partial charge in [0.25, 0.3) is 5.91 Å². The van der Waals surface area contributed by atoms with Gasteiger partial charge < -0.3 is 20.7 Å². The number of hydrogen-bond acceptors (Lipinski definition) is 6. The Kier molecular flexibility index (Phi) is 9.08. The fourth-order valence-electron chi connectivity index (χ4n) is 4.94. The molecule has 0 radical (unpaired) electrons. The minimum atomic E-state index is -0.957. The van der Waals surface area contributed by atoms with Gasteiger partial charge in [0.05, 0.1) is 41.1 Å². The minimum Gasteiger partial charge on any atom is -0.495 e. The van der Waals surface area contributed by atoms with E-state index in [-0.39, 0.29) is 34.4 Å². The maximum Gasteiger partial charge on any atom is 0.254 e. The van der Waals surface area contributed by atoms with E-state index in [0.717, 1.165) is 25.7 Å². The van der Waals surface area contributed by atoms with Crippen LogP contribution in [0.2, 0.25) is 0 Å². The van der Waals surface area contributed by atoms with E-state index < -0.39 is 17.6 Å². The molecule has 0 spiro atoms. The number of dihydropyridines is 1. The average molecular weight is 535 g/mol. The van der Waals surface area contributed by atoms with Crippen LogP contribution in [0.1, 0.15) is 50.5 Å². The maximum atomic E-state index is 15.1. The van der Waals surface area contributed by atoms with Crippen molar-refractivity contribution in [2.75, 3.05) is 18.2 Å². The number of para-hydroxylation sites is 2. The summed E-state index contributed by atoms with van der Waals surface area (Å²) < 4.78 is 20.4. The lowest BCUT2D eigenvalue weighted by Crippen LogP contribution is -2.37. The van der Waals surface area contributed by atoms with Crippen molar-refractivity contribution in [3.63, 3.8) is 0 Å². The molecule has 3 N–H and O–H groups in total. The largest absolute Gasteiger partial charge is 0.495 e. The summed E-state index contributed by atoms with van der Waals surface area (Å²) in [6.45, 7) is 1.71. The average Bonchev–Trinajstić information content (AvgIpc) is 2.92.